The van der Waals surface area contributed by atoms with Crippen molar-refractivity contribution in [1.29, 1.82) is 5.26 Å². The molecule has 90 valence electrons. The van der Waals surface area contributed by atoms with E-state index in [1.54, 1.807) is 24.4 Å². The number of halogens is 1. The van der Waals surface area contributed by atoms with Gasteiger partial charge in [-0.1, -0.05) is 23.7 Å². The second kappa shape index (κ2) is 5.39. The summed E-state index contributed by atoms with van der Waals surface area (Å²) in [6.45, 7) is 0.586. The molecular formula is C13H11ClN4. The summed E-state index contributed by atoms with van der Waals surface area (Å²) in [5, 5.41) is 12.3. The number of nitrogens with two attached hydrogens (primary N) is 1. The molecule has 3 N–H and O–H groups in total. The molecule has 0 aliphatic carbocycles. The van der Waals surface area contributed by atoms with Gasteiger partial charge >= 0.3 is 0 Å². The first-order valence-corrected chi connectivity index (χ1v) is 5.71. The molecule has 0 amide bonds. The third-order valence-corrected chi connectivity index (χ3v) is 2.69. The van der Waals surface area contributed by atoms with Crippen molar-refractivity contribution < 1.29 is 0 Å². The molecule has 0 saturated heterocycles. The smallest absolute Gasteiger partial charge is 0.145 e. The molecule has 1 aromatic heterocycles. The molecule has 0 bridgehead atoms. The standard InChI is InChI=1S/C13H11ClN4/c14-12-5-11(16)8-18-13(12)17-7-10-3-1-9(6-15)2-4-10/h1-5,8H,7,16H2,(H,17,18). The van der Waals surface area contributed by atoms with E-state index in [0.29, 0.717) is 28.6 Å². The second-order valence-corrected chi connectivity index (χ2v) is 4.17. The number of rotatable bonds is 3. The topological polar surface area (TPSA) is 74.7 Å². The number of nitriles is 1. The van der Waals surface area contributed by atoms with Crippen LogP contribution in [0.15, 0.2) is 36.5 Å². The van der Waals surface area contributed by atoms with Crippen molar-refractivity contribution in [2.24, 2.45) is 0 Å². The predicted molar refractivity (Wildman–Crippen MR) is 72.1 cm³/mol. The Morgan fingerprint density at radius 1 is 1.33 bits per heavy atom. The lowest BCUT2D eigenvalue weighted by atomic mass is 10.1. The van der Waals surface area contributed by atoms with Crippen molar-refractivity contribution in [3.8, 4) is 6.07 Å². The number of nitrogens with one attached hydrogen (secondary N) is 1. The highest BCUT2D eigenvalue weighted by Gasteiger charge is 2.02. The maximum Gasteiger partial charge on any atom is 0.145 e. The molecule has 0 aliphatic rings. The third kappa shape index (κ3) is 2.90. The average Bonchev–Trinajstić information content (AvgIpc) is 2.38. The average molecular weight is 259 g/mol. The van der Waals surface area contributed by atoms with Crippen LogP contribution in [-0.2, 0) is 6.54 Å². The van der Waals surface area contributed by atoms with Gasteiger partial charge in [0.25, 0.3) is 0 Å². The molecule has 4 nitrogen and oxygen atoms in total. The summed E-state index contributed by atoms with van der Waals surface area (Å²) in [6.07, 6.45) is 1.55. The molecule has 0 saturated carbocycles. The summed E-state index contributed by atoms with van der Waals surface area (Å²) >= 11 is 6.00. The molecule has 2 rings (SSSR count). The minimum atomic E-state index is 0.489. The van der Waals surface area contributed by atoms with Gasteiger partial charge in [0.2, 0.25) is 0 Å². The summed E-state index contributed by atoms with van der Waals surface area (Å²) in [5.41, 5.74) is 7.78. The summed E-state index contributed by atoms with van der Waals surface area (Å²) in [5.74, 6) is 0.593. The molecule has 18 heavy (non-hydrogen) atoms. The molecule has 0 atom stereocenters. The van der Waals surface area contributed by atoms with Crippen LogP contribution < -0.4 is 11.1 Å². The highest BCUT2D eigenvalue weighted by atomic mass is 35.5. The number of nitrogen functional groups attached to an aromatic ring is 1. The van der Waals surface area contributed by atoms with Gasteiger partial charge in [0, 0.05) is 6.54 Å². The highest BCUT2D eigenvalue weighted by molar-refractivity contribution is 6.33. The Bertz CT molecular complexity index is 587. The molecular weight excluding hydrogens is 248 g/mol. The zero-order chi connectivity index (χ0) is 13.0. The van der Waals surface area contributed by atoms with Gasteiger partial charge in [0.1, 0.15) is 5.82 Å². The first kappa shape index (κ1) is 12.2. The van der Waals surface area contributed by atoms with Crippen molar-refractivity contribution in [2.45, 2.75) is 6.54 Å². The van der Waals surface area contributed by atoms with Crippen LogP contribution >= 0.6 is 11.6 Å². The van der Waals surface area contributed by atoms with Crippen LogP contribution in [0.25, 0.3) is 0 Å². The molecule has 0 spiro atoms. The van der Waals surface area contributed by atoms with E-state index in [1.165, 1.54) is 0 Å². The molecule has 5 heteroatoms. The van der Waals surface area contributed by atoms with Crippen molar-refractivity contribution in [3.05, 3.63) is 52.7 Å². The second-order valence-electron chi connectivity index (χ2n) is 3.76. The number of hydrogen-bond acceptors (Lipinski definition) is 4. The van der Waals surface area contributed by atoms with E-state index in [4.69, 9.17) is 22.6 Å². The van der Waals surface area contributed by atoms with Gasteiger partial charge < -0.3 is 11.1 Å². The lowest BCUT2D eigenvalue weighted by molar-refractivity contribution is 1.11. The molecule has 0 radical (unpaired) electrons. The maximum atomic E-state index is 8.69. The molecule has 0 aliphatic heterocycles. The largest absolute Gasteiger partial charge is 0.397 e. The lowest BCUT2D eigenvalue weighted by Gasteiger charge is -2.07. The quantitative estimate of drug-likeness (QED) is 0.888. The number of anilines is 2. The monoisotopic (exact) mass is 258 g/mol. The number of pyridine rings is 1. The summed E-state index contributed by atoms with van der Waals surface area (Å²) in [4.78, 5) is 4.11. The van der Waals surface area contributed by atoms with Crippen molar-refractivity contribution >= 4 is 23.1 Å². The van der Waals surface area contributed by atoms with E-state index in [2.05, 4.69) is 16.4 Å². The number of benzene rings is 1. The van der Waals surface area contributed by atoms with Gasteiger partial charge in [-0.05, 0) is 23.8 Å². The zero-order valence-electron chi connectivity index (χ0n) is 9.52. The Labute approximate surface area is 110 Å². The Morgan fingerprint density at radius 2 is 2.06 bits per heavy atom. The minimum absolute atomic E-state index is 0.489. The van der Waals surface area contributed by atoms with Gasteiger partial charge in [0.15, 0.2) is 0 Å². The first-order chi connectivity index (χ1) is 8.69. The minimum Gasteiger partial charge on any atom is -0.397 e. The number of nitrogens with zero attached hydrogens (tertiary/aromatic N) is 2. The van der Waals surface area contributed by atoms with E-state index in [0.717, 1.165) is 5.56 Å². The molecule has 0 unspecified atom stereocenters. The maximum absolute atomic E-state index is 8.69. The van der Waals surface area contributed by atoms with Crippen LogP contribution in [0.1, 0.15) is 11.1 Å². The predicted octanol–water partition coefficient (Wildman–Crippen LogP) is 2.80. The Balaban J connectivity index is 2.04. The van der Waals surface area contributed by atoms with Gasteiger partial charge in [0.05, 0.1) is 28.5 Å². The van der Waals surface area contributed by atoms with Crippen LogP contribution in [0, 0.1) is 11.3 Å². The first-order valence-electron chi connectivity index (χ1n) is 5.33. The number of hydrogen-bond donors (Lipinski definition) is 2. The van der Waals surface area contributed by atoms with Crippen molar-refractivity contribution in [3.63, 3.8) is 0 Å². The van der Waals surface area contributed by atoms with E-state index in [-0.39, 0.29) is 0 Å². The van der Waals surface area contributed by atoms with Crippen LogP contribution in [0.2, 0.25) is 5.02 Å². The van der Waals surface area contributed by atoms with Crippen LogP contribution in [0.3, 0.4) is 0 Å². The highest BCUT2D eigenvalue weighted by Crippen LogP contribution is 2.21. The summed E-state index contributed by atoms with van der Waals surface area (Å²) < 4.78 is 0. The van der Waals surface area contributed by atoms with Gasteiger partial charge in [-0.3, -0.25) is 0 Å². The fourth-order valence-corrected chi connectivity index (χ4v) is 1.71. The van der Waals surface area contributed by atoms with E-state index < -0.39 is 0 Å². The van der Waals surface area contributed by atoms with Crippen molar-refractivity contribution in [1.82, 2.24) is 4.98 Å². The fourth-order valence-electron chi connectivity index (χ4n) is 1.47. The summed E-state index contributed by atoms with van der Waals surface area (Å²) in [7, 11) is 0. The third-order valence-electron chi connectivity index (χ3n) is 2.41. The fraction of sp³-hybridized carbons (Fsp3) is 0.0769. The molecule has 1 aromatic carbocycles. The molecule has 1 heterocycles. The lowest BCUT2D eigenvalue weighted by Crippen LogP contribution is -2.02. The Kier molecular flexibility index (Phi) is 3.66. The van der Waals surface area contributed by atoms with E-state index in [1.807, 2.05) is 12.1 Å². The van der Waals surface area contributed by atoms with Gasteiger partial charge in [-0.2, -0.15) is 5.26 Å². The van der Waals surface area contributed by atoms with Crippen molar-refractivity contribution in [2.75, 3.05) is 11.1 Å². The van der Waals surface area contributed by atoms with E-state index >= 15 is 0 Å². The zero-order valence-corrected chi connectivity index (χ0v) is 10.3. The molecule has 0 fully saturated rings. The Hall–Kier alpha value is -2.25. The molecule has 2 aromatic rings. The van der Waals surface area contributed by atoms with Crippen LogP contribution in [0.4, 0.5) is 11.5 Å². The van der Waals surface area contributed by atoms with Crippen LogP contribution in [0.5, 0.6) is 0 Å². The van der Waals surface area contributed by atoms with Crippen LogP contribution in [-0.4, -0.2) is 4.98 Å². The van der Waals surface area contributed by atoms with Gasteiger partial charge in [-0.15, -0.1) is 0 Å². The SMILES string of the molecule is N#Cc1ccc(CNc2ncc(N)cc2Cl)cc1. The normalized spacial score (nSPS) is 9.78. The van der Waals surface area contributed by atoms with E-state index in [9.17, 15) is 0 Å². The number of aromatic nitrogens is 1. The Morgan fingerprint density at radius 3 is 2.67 bits per heavy atom. The summed E-state index contributed by atoms with van der Waals surface area (Å²) in [6, 6.07) is 11.0. The van der Waals surface area contributed by atoms with Gasteiger partial charge in [-0.25, -0.2) is 4.98 Å².